The minimum atomic E-state index is -0.227. The van der Waals surface area contributed by atoms with Gasteiger partial charge in [0.25, 0.3) is 0 Å². The summed E-state index contributed by atoms with van der Waals surface area (Å²) in [6, 6.07) is 16.0. The van der Waals surface area contributed by atoms with Crippen LogP contribution < -0.4 is 15.5 Å². The average Bonchev–Trinajstić information content (AvgIpc) is 2.97. The van der Waals surface area contributed by atoms with Crippen molar-refractivity contribution in [1.29, 1.82) is 0 Å². The van der Waals surface area contributed by atoms with Crippen LogP contribution in [0.5, 0.6) is 0 Å². The van der Waals surface area contributed by atoms with Gasteiger partial charge in [-0.05, 0) is 81.2 Å². The molecule has 3 aromatic rings. The number of likely N-dealkylation sites (tertiary alicyclic amines) is 1. The second-order valence-corrected chi connectivity index (χ2v) is 11.2. The molecule has 38 heavy (non-hydrogen) atoms. The Hall–Kier alpha value is -3.03. The van der Waals surface area contributed by atoms with Gasteiger partial charge in [-0.3, -0.25) is 0 Å². The van der Waals surface area contributed by atoms with Crippen molar-refractivity contribution in [2.75, 3.05) is 42.5 Å². The van der Waals surface area contributed by atoms with E-state index < -0.39 is 0 Å². The minimum absolute atomic E-state index is 0.227. The molecular formula is C31H39FN6. The highest BCUT2D eigenvalue weighted by Gasteiger charge is 2.33. The molecule has 0 unspecified atom stereocenters. The van der Waals surface area contributed by atoms with E-state index in [1.807, 2.05) is 42.6 Å². The Kier molecular flexibility index (Phi) is 7.56. The Morgan fingerprint density at radius 1 is 0.868 bits per heavy atom. The van der Waals surface area contributed by atoms with E-state index in [4.69, 9.17) is 10.7 Å². The highest BCUT2D eigenvalue weighted by atomic mass is 19.1. The number of rotatable bonds is 6. The Morgan fingerprint density at radius 3 is 2.45 bits per heavy atom. The summed E-state index contributed by atoms with van der Waals surface area (Å²) >= 11 is 0. The molecule has 1 aliphatic carbocycles. The Labute approximate surface area is 225 Å². The zero-order chi connectivity index (χ0) is 25.9. The summed E-state index contributed by atoms with van der Waals surface area (Å²) in [5.41, 5.74) is 9.98. The van der Waals surface area contributed by atoms with Gasteiger partial charge >= 0.3 is 0 Å². The van der Waals surface area contributed by atoms with Crippen LogP contribution in [0.4, 0.5) is 21.6 Å². The fourth-order valence-electron chi connectivity index (χ4n) is 6.66. The van der Waals surface area contributed by atoms with Crippen LogP contribution in [0, 0.1) is 11.7 Å². The third-order valence-electron chi connectivity index (χ3n) is 8.88. The second kappa shape index (κ2) is 11.4. The number of hydrogen-bond donors (Lipinski definition) is 1. The van der Waals surface area contributed by atoms with Crippen LogP contribution in [0.3, 0.4) is 0 Å². The molecule has 3 heterocycles. The molecule has 2 fully saturated rings. The van der Waals surface area contributed by atoms with Crippen molar-refractivity contribution < 1.29 is 4.39 Å². The SMILES string of the molecule is N[C@H]1CC[C@H](CCN2CCC(N3CCN(c4ccc(F)cc4-c4ccccc4)c4cncnc43)CC2)CC1. The van der Waals surface area contributed by atoms with Crippen molar-refractivity contribution in [1.82, 2.24) is 14.9 Å². The predicted molar refractivity (Wildman–Crippen MR) is 152 cm³/mol. The maximum Gasteiger partial charge on any atom is 0.156 e. The summed E-state index contributed by atoms with van der Waals surface area (Å²) in [4.78, 5) is 16.6. The Balaban J connectivity index is 1.15. The average molecular weight is 515 g/mol. The standard InChI is InChI=1S/C31H39FN6/c32-25-8-11-29(28(20-25)24-4-2-1-3-5-24)38-19-18-37(31-30(38)21-34-22-35-31)27-13-16-36(17-14-27)15-12-23-6-9-26(33)10-7-23/h1-5,8,11,20-23,26-27H,6-7,9-10,12-19,33H2/t23-,26-. The van der Waals surface area contributed by atoms with E-state index in [1.165, 1.54) is 38.6 Å². The van der Waals surface area contributed by atoms with E-state index in [-0.39, 0.29) is 5.82 Å². The molecule has 6 nitrogen and oxygen atoms in total. The van der Waals surface area contributed by atoms with E-state index >= 15 is 0 Å². The third kappa shape index (κ3) is 5.40. The topological polar surface area (TPSA) is 61.5 Å². The highest BCUT2D eigenvalue weighted by molar-refractivity contribution is 5.86. The van der Waals surface area contributed by atoms with Crippen LogP contribution >= 0.6 is 0 Å². The lowest BCUT2D eigenvalue weighted by Gasteiger charge is -2.44. The van der Waals surface area contributed by atoms with Crippen LogP contribution in [0.2, 0.25) is 0 Å². The molecule has 0 radical (unpaired) electrons. The number of hydrogen-bond acceptors (Lipinski definition) is 6. The van der Waals surface area contributed by atoms with Crippen LogP contribution in [0.25, 0.3) is 11.1 Å². The van der Waals surface area contributed by atoms with Gasteiger partial charge in [0.1, 0.15) is 17.8 Å². The maximum absolute atomic E-state index is 14.3. The van der Waals surface area contributed by atoms with Gasteiger partial charge in [0.15, 0.2) is 5.82 Å². The lowest BCUT2D eigenvalue weighted by molar-refractivity contribution is 0.184. The first-order valence-corrected chi connectivity index (χ1v) is 14.3. The van der Waals surface area contributed by atoms with Gasteiger partial charge in [0.05, 0.1) is 6.20 Å². The maximum atomic E-state index is 14.3. The molecule has 2 aromatic carbocycles. The number of anilines is 3. The van der Waals surface area contributed by atoms with Gasteiger partial charge in [0.2, 0.25) is 0 Å². The molecule has 1 saturated heterocycles. The molecule has 0 atom stereocenters. The Bertz CT molecular complexity index is 1200. The smallest absolute Gasteiger partial charge is 0.156 e. The number of nitrogens with two attached hydrogens (primary N) is 1. The molecule has 200 valence electrons. The van der Waals surface area contributed by atoms with Crippen molar-refractivity contribution in [3.8, 4) is 11.1 Å². The molecule has 7 heteroatoms. The molecule has 0 amide bonds. The number of halogens is 1. The number of aromatic nitrogens is 2. The van der Waals surface area contributed by atoms with Crippen molar-refractivity contribution in [3.05, 3.63) is 66.9 Å². The molecule has 0 bridgehead atoms. The zero-order valence-electron chi connectivity index (χ0n) is 22.2. The quantitative estimate of drug-likeness (QED) is 0.461. The molecular weight excluding hydrogens is 475 g/mol. The van der Waals surface area contributed by atoms with Crippen LogP contribution in [-0.2, 0) is 0 Å². The molecule has 0 spiro atoms. The van der Waals surface area contributed by atoms with Crippen molar-refractivity contribution in [2.45, 2.75) is 57.0 Å². The summed E-state index contributed by atoms with van der Waals surface area (Å²) in [5, 5.41) is 0. The van der Waals surface area contributed by atoms with E-state index in [0.29, 0.717) is 12.1 Å². The Morgan fingerprint density at radius 2 is 1.66 bits per heavy atom. The zero-order valence-corrected chi connectivity index (χ0v) is 22.2. The number of piperidine rings is 1. The largest absolute Gasteiger partial charge is 0.350 e. The lowest BCUT2D eigenvalue weighted by Crippen LogP contribution is -2.50. The van der Waals surface area contributed by atoms with Gasteiger partial charge in [0, 0.05) is 49.5 Å². The first-order chi connectivity index (χ1) is 18.7. The van der Waals surface area contributed by atoms with Crippen LogP contribution in [0.1, 0.15) is 44.9 Å². The summed E-state index contributed by atoms with van der Waals surface area (Å²) < 4.78 is 14.3. The second-order valence-electron chi connectivity index (χ2n) is 11.2. The highest BCUT2D eigenvalue weighted by Crippen LogP contribution is 2.42. The fraction of sp³-hybridized carbons (Fsp3) is 0.484. The monoisotopic (exact) mass is 514 g/mol. The molecule has 2 N–H and O–H groups in total. The van der Waals surface area contributed by atoms with Gasteiger partial charge in [-0.1, -0.05) is 30.3 Å². The summed E-state index contributed by atoms with van der Waals surface area (Å²) in [6.07, 6.45) is 12.2. The minimum Gasteiger partial charge on any atom is -0.350 e. The van der Waals surface area contributed by atoms with E-state index in [9.17, 15) is 4.39 Å². The van der Waals surface area contributed by atoms with Gasteiger partial charge < -0.3 is 20.4 Å². The normalized spacial score (nSPS) is 22.9. The molecule has 1 saturated carbocycles. The van der Waals surface area contributed by atoms with Crippen LogP contribution in [0.15, 0.2) is 61.1 Å². The molecule has 1 aromatic heterocycles. The summed E-state index contributed by atoms with van der Waals surface area (Å²) in [5.74, 6) is 1.62. The summed E-state index contributed by atoms with van der Waals surface area (Å²) in [6.45, 7) is 5.21. The van der Waals surface area contributed by atoms with E-state index in [1.54, 1.807) is 18.5 Å². The fourth-order valence-corrected chi connectivity index (χ4v) is 6.66. The van der Waals surface area contributed by atoms with Crippen molar-refractivity contribution in [2.24, 2.45) is 11.7 Å². The van der Waals surface area contributed by atoms with Crippen molar-refractivity contribution >= 4 is 17.2 Å². The van der Waals surface area contributed by atoms with Crippen molar-refractivity contribution in [3.63, 3.8) is 0 Å². The van der Waals surface area contributed by atoms with Gasteiger partial charge in [-0.25, -0.2) is 14.4 Å². The molecule has 6 rings (SSSR count). The van der Waals surface area contributed by atoms with Gasteiger partial charge in [-0.2, -0.15) is 0 Å². The number of nitrogens with zero attached hydrogens (tertiary/aromatic N) is 5. The van der Waals surface area contributed by atoms with Gasteiger partial charge in [-0.15, -0.1) is 0 Å². The third-order valence-corrected chi connectivity index (χ3v) is 8.88. The van der Waals surface area contributed by atoms with E-state index in [0.717, 1.165) is 73.3 Å². The first kappa shape index (κ1) is 25.3. The van der Waals surface area contributed by atoms with Crippen LogP contribution in [-0.4, -0.2) is 59.7 Å². The molecule has 3 aliphatic rings. The van der Waals surface area contributed by atoms with E-state index in [2.05, 4.69) is 19.7 Å². The number of benzene rings is 2. The molecule has 2 aliphatic heterocycles. The first-order valence-electron chi connectivity index (χ1n) is 14.3. The predicted octanol–water partition coefficient (Wildman–Crippen LogP) is 5.61. The lowest BCUT2D eigenvalue weighted by atomic mass is 9.84. The summed E-state index contributed by atoms with van der Waals surface area (Å²) in [7, 11) is 0. The number of fused-ring (bicyclic) bond motifs is 1.